The zero-order chi connectivity index (χ0) is 27.2. The van der Waals surface area contributed by atoms with Gasteiger partial charge in [-0.05, 0) is 72.1 Å². The first-order valence-electron chi connectivity index (χ1n) is 12.5. The monoisotopic (exact) mass is 500 g/mol. The SMILES string of the molecule is CC(C)=CCC/C(C)=C(\C)C(=O)C(C)(C)/C=C/c1c(-c2ccccc2)oc2cccc(OCO)c2c1=O. The van der Waals surface area contributed by atoms with Crippen LogP contribution in [0.2, 0.25) is 0 Å². The van der Waals surface area contributed by atoms with Gasteiger partial charge in [0.2, 0.25) is 5.43 Å². The fraction of sp³-hybridized carbons (Fsp3) is 0.312. The van der Waals surface area contributed by atoms with Gasteiger partial charge in [-0.3, -0.25) is 9.59 Å². The summed E-state index contributed by atoms with van der Waals surface area (Å²) in [6.07, 6.45) is 7.33. The number of rotatable bonds is 10. The third kappa shape index (κ3) is 6.55. The van der Waals surface area contributed by atoms with Crippen molar-refractivity contribution in [3.63, 3.8) is 0 Å². The van der Waals surface area contributed by atoms with Gasteiger partial charge in [0.25, 0.3) is 0 Å². The molecule has 5 nitrogen and oxygen atoms in total. The molecule has 0 aliphatic heterocycles. The van der Waals surface area contributed by atoms with Crippen LogP contribution in [0.1, 0.15) is 59.9 Å². The van der Waals surface area contributed by atoms with Crippen LogP contribution in [0.5, 0.6) is 5.75 Å². The molecule has 0 fully saturated rings. The molecule has 3 rings (SSSR count). The Morgan fingerprint density at radius 2 is 1.73 bits per heavy atom. The lowest BCUT2D eigenvalue weighted by molar-refractivity contribution is -0.121. The molecule has 5 heteroatoms. The number of aliphatic hydroxyl groups excluding tert-OH is 1. The van der Waals surface area contributed by atoms with Crippen molar-refractivity contribution in [1.29, 1.82) is 0 Å². The maximum Gasteiger partial charge on any atom is 0.204 e. The molecule has 0 saturated heterocycles. The Kier molecular flexibility index (Phi) is 9.06. The summed E-state index contributed by atoms with van der Waals surface area (Å²) >= 11 is 0. The Morgan fingerprint density at radius 1 is 1.03 bits per heavy atom. The smallest absolute Gasteiger partial charge is 0.204 e. The third-order valence-electron chi connectivity index (χ3n) is 6.48. The van der Waals surface area contributed by atoms with Crippen LogP contribution in [0.15, 0.2) is 86.6 Å². The lowest BCUT2D eigenvalue weighted by Gasteiger charge is -2.21. The Balaban J connectivity index is 2.10. The molecule has 0 saturated carbocycles. The van der Waals surface area contributed by atoms with Crippen molar-refractivity contribution in [2.45, 2.75) is 54.4 Å². The van der Waals surface area contributed by atoms with E-state index in [1.165, 1.54) is 5.57 Å². The lowest BCUT2D eigenvalue weighted by atomic mass is 9.82. The molecule has 0 aliphatic rings. The van der Waals surface area contributed by atoms with Gasteiger partial charge in [0.15, 0.2) is 12.6 Å². The summed E-state index contributed by atoms with van der Waals surface area (Å²) in [5.41, 5.74) is 3.32. The van der Waals surface area contributed by atoms with Gasteiger partial charge in [-0.2, -0.15) is 0 Å². The Morgan fingerprint density at radius 3 is 2.38 bits per heavy atom. The van der Waals surface area contributed by atoms with Crippen LogP contribution in [0.25, 0.3) is 28.4 Å². The van der Waals surface area contributed by atoms with E-state index in [1.54, 1.807) is 30.4 Å². The maximum atomic E-state index is 13.7. The average molecular weight is 501 g/mol. The Hall–Kier alpha value is -3.70. The van der Waals surface area contributed by atoms with Gasteiger partial charge >= 0.3 is 0 Å². The number of hydrogen-bond donors (Lipinski definition) is 1. The molecule has 0 aliphatic carbocycles. The number of Topliss-reactive ketones (excluding diaryl/α,β-unsaturated/α-hetero) is 1. The summed E-state index contributed by atoms with van der Waals surface area (Å²) in [7, 11) is 0. The summed E-state index contributed by atoms with van der Waals surface area (Å²) in [4.78, 5) is 27.2. The molecule has 1 aromatic heterocycles. The van der Waals surface area contributed by atoms with Gasteiger partial charge in [0.05, 0.1) is 5.56 Å². The topological polar surface area (TPSA) is 76.7 Å². The number of carbonyl (C=O) groups excluding carboxylic acids is 1. The summed E-state index contributed by atoms with van der Waals surface area (Å²) in [5.74, 6) is 0.655. The van der Waals surface area contributed by atoms with E-state index < -0.39 is 12.2 Å². The van der Waals surface area contributed by atoms with Crippen LogP contribution < -0.4 is 10.2 Å². The van der Waals surface area contributed by atoms with Gasteiger partial charge in [-0.1, -0.05) is 65.8 Å². The standard InChI is InChI=1S/C32H36O5/c1-21(2)12-10-13-22(3)23(4)31(35)32(5,6)19-18-25-29(34)28-26(36-20-33)16-11-17-27(28)37-30(25)24-14-8-7-9-15-24/h7-9,11-12,14-19,33H,10,13,20H2,1-6H3/b19-18+,23-22+. The van der Waals surface area contributed by atoms with Gasteiger partial charge < -0.3 is 14.3 Å². The normalized spacial score (nSPS) is 12.5. The van der Waals surface area contributed by atoms with Gasteiger partial charge in [-0.15, -0.1) is 0 Å². The molecule has 1 N–H and O–H groups in total. The first-order chi connectivity index (χ1) is 17.6. The van der Waals surface area contributed by atoms with Gasteiger partial charge in [0, 0.05) is 11.0 Å². The minimum atomic E-state index is -0.849. The number of benzene rings is 2. The van der Waals surface area contributed by atoms with E-state index in [0.29, 0.717) is 16.9 Å². The van der Waals surface area contributed by atoms with Crippen molar-refractivity contribution >= 4 is 22.8 Å². The highest BCUT2D eigenvalue weighted by molar-refractivity contribution is 6.01. The fourth-order valence-corrected chi connectivity index (χ4v) is 4.18. The first-order valence-corrected chi connectivity index (χ1v) is 12.5. The lowest BCUT2D eigenvalue weighted by Crippen LogP contribution is -2.23. The van der Waals surface area contributed by atoms with Crippen molar-refractivity contribution in [2.24, 2.45) is 5.41 Å². The van der Waals surface area contributed by atoms with E-state index in [0.717, 1.165) is 29.6 Å². The Labute approximate surface area is 218 Å². The van der Waals surface area contributed by atoms with E-state index in [9.17, 15) is 14.7 Å². The molecular formula is C32H36O5. The maximum absolute atomic E-state index is 13.7. The molecule has 0 atom stereocenters. The van der Waals surface area contributed by atoms with E-state index in [4.69, 9.17) is 9.15 Å². The molecule has 37 heavy (non-hydrogen) atoms. The number of hydrogen-bond acceptors (Lipinski definition) is 5. The van der Waals surface area contributed by atoms with Crippen LogP contribution >= 0.6 is 0 Å². The molecule has 2 aromatic carbocycles. The Bertz CT molecular complexity index is 1410. The highest BCUT2D eigenvalue weighted by atomic mass is 16.6. The van der Waals surface area contributed by atoms with Crippen molar-refractivity contribution < 1.29 is 19.1 Å². The predicted octanol–water partition coefficient (Wildman–Crippen LogP) is 7.48. The quantitative estimate of drug-likeness (QED) is 0.177. The zero-order valence-corrected chi connectivity index (χ0v) is 22.6. The van der Waals surface area contributed by atoms with Crippen LogP contribution in [0.3, 0.4) is 0 Å². The number of carbonyl (C=O) groups is 1. The van der Waals surface area contributed by atoms with Crippen LogP contribution in [-0.4, -0.2) is 17.7 Å². The minimum absolute atomic E-state index is 0.00851. The first kappa shape index (κ1) is 27.9. The molecular weight excluding hydrogens is 464 g/mol. The second-order valence-electron chi connectivity index (χ2n) is 10.1. The van der Waals surface area contributed by atoms with E-state index in [1.807, 2.05) is 58.0 Å². The second-order valence-corrected chi connectivity index (χ2v) is 10.1. The fourth-order valence-electron chi connectivity index (χ4n) is 4.18. The van der Waals surface area contributed by atoms with Gasteiger partial charge in [0.1, 0.15) is 22.5 Å². The molecule has 194 valence electrons. The van der Waals surface area contributed by atoms with Crippen molar-refractivity contribution in [1.82, 2.24) is 0 Å². The molecule has 3 aromatic rings. The number of ether oxygens (including phenoxy) is 1. The van der Waals surface area contributed by atoms with Crippen molar-refractivity contribution in [3.8, 4) is 17.1 Å². The number of allylic oxidation sites excluding steroid dienone is 5. The molecule has 0 radical (unpaired) electrons. The number of ketones is 1. The van der Waals surface area contributed by atoms with E-state index in [2.05, 4.69) is 19.9 Å². The average Bonchev–Trinajstić information content (AvgIpc) is 2.87. The summed E-state index contributed by atoms with van der Waals surface area (Å²) in [6, 6.07) is 14.4. The molecule has 1 heterocycles. The van der Waals surface area contributed by atoms with Crippen LogP contribution in [0, 0.1) is 5.41 Å². The molecule has 0 amide bonds. The molecule has 0 unspecified atom stereocenters. The molecule has 0 bridgehead atoms. The van der Waals surface area contributed by atoms with Crippen molar-refractivity contribution in [2.75, 3.05) is 6.79 Å². The summed E-state index contributed by atoms with van der Waals surface area (Å²) in [6.45, 7) is 11.1. The highest BCUT2D eigenvalue weighted by Gasteiger charge is 2.27. The minimum Gasteiger partial charge on any atom is -0.467 e. The zero-order valence-electron chi connectivity index (χ0n) is 22.6. The van der Waals surface area contributed by atoms with Crippen molar-refractivity contribution in [3.05, 3.63) is 93.2 Å². The second kappa shape index (κ2) is 12.0. The summed E-state index contributed by atoms with van der Waals surface area (Å²) < 4.78 is 11.5. The van der Waals surface area contributed by atoms with Gasteiger partial charge in [-0.25, -0.2) is 0 Å². The highest BCUT2D eigenvalue weighted by Crippen LogP contribution is 2.32. The number of fused-ring (bicyclic) bond motifs is 1. The van der Waals surface area contributed by atoms with E-state index >= 15 is 0 Å². The van der Waals surface area contributed by atoms with E-state index in [-0.39, 0.29) is 22.3 Å². The predicted molar refractivity (Wildman–Crippen MR) is 150 cm³/mol. The molecule has 0 spiro atoms. The van der Waals surface area contributed by atoms with Crippen LogP contribution in [-0.2, 0) is 4.79 Å². The summed E-state index contributed by atoms with van der Waals surface area (Å²) in [5, 5.41) is 9.55. The number of aliphatic hydroxyl groups is 1. The third-order valence-corrected chi connectivity index (χ3v) is 6.48. The van der Waals surface area contributed by atoms with Crippen LogP contribution in [0.4, 0.5) is 0 Å². The largest absolute Gasteiger partial charge is 0.467 e.